The van der Waals surface area contributed by atoms with E-state index in [-0.39, 0.29) is 5.69 Å². The van der Waals surface area contributed by atoms with Gasteiger partial charge in [-0.05, 0) is 51.8 Å². The lowest BCUT2D eigenvalue weighted by Gasteiger charge is -2.13. The Labute approximate surface area is 219 Å². The van der Waals surface area contributed by atoms with Crippen molar-refractivity contribution in [3.8, 4) is 11.3 Å². The van der Waals surface area contributed by atoms with Gasteiger partial charge in [0.05, 0.1) is 22.1 Å². The molecule has 0 radical (unpaired) electrons. The quantitative estimate of drug-likeness (QED) is 0.203. The first-order valence-corrected chi connectivity index (χ1v) is 12.1. The van der Waals surface area contributed by atoms with Gasteiger partial charge in [0.1, 0.15) is 11.6 Å². The lowest BCUT2D eigenvalue weighted by Crippen LogP contribution is -2.20. The zero-order chi connectivity index (χ0) is 25.1. The summed E-state index contributed by atoms with van der Waals surface area (Å²) < 4.78 is 16.3. The highest BCUT2D eigenvalue weighted by Gasteiger charge is 2.13. The average molecular weight is 566 g/mol. The molecule has 0 aliphatic rings. The van der Waals surface area contributed by atoms with Crippen LogP contribution in [0.1, 0.15) is 5.56 Å². The predicted molar refractivity (Wildman–Crippen MR) is 144 cm³/mol. The van der Waals surface area contributed by atoms with E-state index in [1.807, 2.05) is 48.5 Å². The summed E-state index contributed by atoms with van der Waals surface area (Å²) >= 11 is 9.92. The molecule has 0 spiro atoms. The maximum atomic E-state index is 13.8. The van der Waals surface area contributed by atoms with Gasteiger partial charge in [-0.25, -0.2) is 14.2 Å². The summed E-state index contributed by atoms with van der Waals surface area (Å²) in [7, 11) is 0. The molecule has 3 aromatic carbocycles. The Bertz CT molecular complexity index is 1570. The molecule has 0 bridgehead atoms. The van der Waals surface area contributed by atoms with E-state index < -0.39 is 11.8 Å². The zero-order valence-corrected chi connectivity index (χ0v) is 21.0. The highest BCUT2D eigenvalue weighted by Crippen LogP contribution is 2.30. The number of carbonyl (C=O) groups is 1. The number of hydrogen-bond acceptors (Lipinski definition) is 4. The van der Waals surface area contributed by atoms with E-state index in [1.54, 1.807) is 28.9 Å². The molecule has 3 N–H and O–H groups in total. The molecule has 0 atom stereocenters. The van der Waals surface area contributed by atoms with E-state index in [0.717, 1.165) is 21.4 Å². The second-order valence-electron chi connectivity index (χ2n) is 7.85. The standard InChI is InChI=1S/C26H19BrClFN6O/c27-19-15-31-35-24(13-23(33-25(19)35)18-8-1-2-9-20(18)28)30-14-16-6-5-7-17(12-16)32-26(36)34-22-11-4-3-10-21(22)29/h1-13,15,30H,14H2,(H2,32,34,36). The molecule has 180 valence electrons. The van der Waals surface area contributed by atoms with Crippen molar-refractivity contribution in [2.24, 2.45) is 0 Å². The van der Waals surface area contributed by atoms with Crippen molar-refractivity contribution in [1.82, 2.24) is 14.6 Å². The Balaban J connectivity index is 1.34. The molecule has 5 aromatic rings. The van der Waals surface area contributed by atoms with Crippen molar-refractivity contribution >= 4 is 56.4 Å². The van der Waals surface area contributed by atoms with Crippen LogP contribution in [-0.2, 0) is 6.54 Å². The van der Waals surface area contributed by atoms with Crippen LogP contribution in [0.5, 0.6) is 0 Å². The van der Waals surface area contributed by atoms with Crippen molar-refractivity contribution in [1.29, 1.82) is 0 Å². The van der Waals surface area contributed by atoms with E-state index in [2.05, 4.69) is 37.0 Å². The number of urea groups is 1. The van der Waals surface area contributed by atoms with Crippen LogP contribution >= 0.6 is 27.5 Å². The topological polar surface area (TPSA) is 83.3 Å². The van der Waals surface area contributed by atoms with E-state index in [4.69, 9.17) is 16.6 Å². The molecule has 2 amide bonds. The number of amides is 2. The van der Waals surface area contributed by atoms with Crippen LogP contribution in [0.15, 0.2) is 89.5 Å². The van der Waals surface area contributed by atoms with Crippen molar-refractivity contribution < 1.29 is 9.18 Å². The molecule has 36 heavy (non-hydrogen) atoms. The minimum atomic E-state index is -0.535. The maximum absolute atomic E-state index is 13.8. The molecule has 0 aliphatic carbocycles. The highest BCUT2D eigenvalue weighted by molar-refractivity contribution is 9.10. The third-order valence-electron chi connectivity index (χ3n) is 5.36. The number of halogens is 3. The van der Waals surface area contributed by atoms with Crippen molar-refractivity contribution in [3.05, 3.63) is 106 Å². The fourth-order valence-corrected chi connectivity index (χ4v) is 4.25. The summed E-state index contributed by atoms with van der Waals surface area (Å²) in [6.07, 6.45) is 1.68. The van der Waals surface area contributed by atoms with Crippen LogP contribution in [0, 0.1) is 5.82 Å². The number of rotatable bonds is 6. The van der Waals surface area contributed by atoms with Crippen LogP contribution in [0.25, 0.3) is 16.9 Å². The number of benzene rings is 3. The van der Waals surface area contributed by atoms with Gasteiger partial charge in [0, 0.05) is 28.9 Å². The number of hydrogen-bond donors (Lipinski definition) is 3. The summed E-state index contributed by atoms with van der Waals surface area (Å²) in [5.41, 5.74) is 3.75. The lowest BCUT2D eigenvalue weighted by atomic mass is 10.1. The SMILES string of the molecule is O=C(Nc1cccc(CNc2cc(-c3ccccc3Cl)nc3c(Br)cnn23)c1)Nc1ccccc1F. The first-order chi connectivity index (χ1) is 17.5. The van der Waals surface area contributed by atoms with Gasteiger partial charge in [-0.2, -0.15) is 9.61 Å². The predicted octanol–water partition coefficient (Wildman–Crippen LogP) is 7.21. The minimum Gasteiger partial charge on any atom is -0.366 e. The Kier molecular flexibility index (Phi) is 6.84. The maximum Gasteiger partial charge on any atom is 0.323 e. The summed E-state index contributed by atoms with van der Waals surface area (Å²) in [6.45, 7) is 0.447. The van der Waals surface area contributed by atoms with Crippen LogP contribution < -0.4 is 16.0 Å². The molecule has 0 fully saturated rings. The average Bonchev–Trinajstić information content (AvgIpc) is 3.25. The van der Waals surface area contributed by atoms with Gasteiger partial charge in [-0.15, -0.1) is 0 Å². The van der Waals surface area contributed by atoms with Crippen molar-refractivity contribution in [2.45, 2.75) is 6.54 Å². The van der Waals surface area contributed by atoms with Gasteiger partial charge in [-0.1, -0.05) is 54.1 Å². The Morgan fingerprint density at radius 1 is 1.00 bits per heavy atom. The van der Waals surface area contributed by atoms with E-state index in [0.29, 0.717) is 28.6 Å². The Hall–Kier alpha value is -3.95. The molecule has 10 heteroatoms. The van der Waals surface area contributed by atoms with E-state index >= 15 is 0 Å². The largest absolute Gasteiger partial charge is 0.366 e. The van der Waals surface area contributed by atoms with E-state index in [1.165, 1.54) is 12.1 Å². The second-order valence-corrected chi connectivity index (χ2v) is 9.11. The van der Waals surface area contributed by atoms with Gasteiger partial charge < -0.3 is 16.0 Å². The highest BCUT2D eigenvalue weighted by atomic mass is 79.9. The number of aromatic nitrogens is 3. The van der Waals surface area contributed by atoms with Crippen LogP contribution in [-0.4, -0.2) is 20.6 Å². The molecule has 0 unspecified atom stereocenters. The molecule has 2 heterocycles. The van der Waals surface area contributed by atoms with E-state index in [9.17, 15) is 9.18 Å². The summed E-state index contributed by atoms with van der Waals surface area (Å²) in [4.78, 5) is 17.1. The summed E-state index contributed by atoms with van der Waals surface area (Å²) in [5.74, 6) is 0.215. The molecule has 7 nitrogen and oxygen atoms in total. The zero-order valence-electron chi connectivity index (χ0n) is 18.7. The van der Waals surface area contributed by atoms with Gasteiger partial charge in [-0.3, -0.25) is 0 Å². The molecule has 0 saturated heterocycles. The van der Waals surface area contributed by atoms with Gasteiger partial charge in [0.15, 0.2) is 5.65 Å². The number of fused-ring (bicyclic) bond motifs is 1. The molecule has 5 rings (SSSR count). The van der Waals surface area contributed by atoms with Crippen LogP contribution in [0.4, 0.5) is 26.4 Å². The van der Waals surface area contributed by atoms with Crippen molar-refractivity contribution in [3.63, 3.8) is 0 Å². The lowest BCUT2D eigenvalue weighted by molar-refractivity contribution is 0.262. The number of anilines is 3. The van der Waals surface area contributed by atoms with Gasteiger partial charge in [0.25, 0.3) is 0 Å². The van der Waals surface area contributed by atoms with Crippen molar-refractivity contribution in [2.75, 3.05) is 16.0 Å². The number of para-hydroxylation sites is 1. The molecular formula is C26H19BrClFN6O. The first kappa shape index (κ1) is 23.8. The third-order valence-corrected chi connectivity index (χ3v) is 6.25. The van der Waals surface area contributed by atoms with Gasteiger partial charge >= 0.3 is 6.03 Å². The number of nitrogens with one attached hydrogen (secondary N) is 3. The van der Waals surface area contributed by atoms with Crippen LogP contribution in [0.2, 0.25) is 5.02 Å². The second kappa shape index (κ2) is 10.3. The Morgan fingerprint density at radius 3 is 2.64 bits per heavy atom. The van der Waals surface area contributed by atoms with Crippen LogP contribution in [0.3, 0.4) is 0 Å². The molecule has 2 aromatic heterocycles. The smallest absolute Gasteiger partial charge is 0.323 e. The minimum absolute atomic E-state index is 0.106. The molecule has 0 saturated carbocycles. The fraction of sp³-hybridized carbons (Fsp3) is 0.0385. The summed E-state index contributed by atoms with van der Waals surface area (Å²) in [6, 6.07) is 22.2. The third kappa shape index (κ3) is 5.17. The fourth-order valence-electron chi connectivity index (χ4n) is 3.67. The molecule has 0 aliphatic heterocycles. The normalized spacial score (nSPS) is 10.9. The number of nitrogens with zero attached hydrogens (tertiary/aromatic N) is 3. The monoisotopic (exact) mass is 564 g/mol. The number of carbonyl (C=O) groups excluding carboxylic acids is 1. The molecular weight excluding hydrogens is 547 g/mol. The van der Waals surface area contributed by atoms with Gasteiger partial charge in [0.2, 0.25) is 0 Å². The summed E-state index contributed by atoms with van der Waals surface area (Å²) in [5, 5.41) is 13.6. The Morgan fingerprint density at radius 2 is 1.81 bits per heavy atom. The first-order valence-electron chi connectivity index (χ1n) is 10.9.